The Kier molecular flexibility index (Phi) is 5.09. The molecule has 128 valence electrons. The molecule has 5 nitrogen and oxygen atoms in total. The fraction of sp³-hybridized carbons (Fsp3) is 0.211. The third-order valence-electron chi connectivity index (χ3n) is 3.77. The van der Waals surface area contributed by atoms with Gasteiger partial charge in [0.1, 0.15) is 11.0 Å². The van der Waals surface area contributed by atoms with Crippen LogP contribution in [0.3, 0.4) is 0 Å². The van der Waals surface area contributed by atoms with E-state index in [1.54, 1.807) is 30.4 Å². The van der Waals surface area contributed by atoms with Gasteiger partial charge in [-0.15, -0.1) is 11.3 Å². The van der Waals surface area contributed by atoms with Gasteiger partial charge in [0, 0.05) is 5.56 Å². The van der Waals surface area contributed by atoms with Gasteiger partial charge in [-0.1, -0.05) is 29.8 Å². The molecule has 0 bridgehead atoms. The predicted molar refractivity (Wildman–Crippen MR) is 99.6 cm³/mol. The molecule has 25 heavy (non-hydrogen) atoms. The molecule has 0 aliphatic heterocycles. The standard InChI is InChI=1S/C19H19N3O2S/c1-12-6-5-7-14(10-12)19(24)21-13(2)18(23)20-11-17-22-15-8-3-4-9-16(15)25-17/h3-10,13H,11H2,1-2H3,(H,20,23)(H,21,24)/t13-/m0/s1. The molecule has 6 heteroatoms. The van der Waals surface area contributed by atoms with Crippen LogP contribution in [0.5, 0.6) is 0 Å². The van der Waals surface area contributed by atoms with Crippen molar-refractivity contribution in [2.24, 2.45) is 0 Å². The van der Waals surface area contributed by atoms with Crippen molar-refractivity contribution in [3.63, 3.8) is 0 Å². The third-order valence-corrected chi connectivity index (χ3v) is 4.81. The van der Waals surface area contributed by atoms with Crippen LogP contribution in [0.4, 0.5) is 0 Å². The molecule has 0 aliphatic rings. The van der Waals surface area contributed by atoms with Gasteiger partial charge in [-0.25, -0.2) is 4.98 Å². The summed E-state index contributed by atoms with van der Waals surface area (Å²) in [7, 11) is 0. The molecular formula is C19H19N3O2S. The molecule has 0 aliphatic carbocycles. The summed E-state index contributed by atoms with van der Waals surface area (Å²) in [6.07, 6.45) is 0. The molecule has 3 aromatic rings. The van der Waals surface area contributed by atoms with Crippen molar-refractivity contribution in [1.29, 1.82) is 0 Å². The predicted octanol–water partition coefficient (Wildman–Crippen LogP) is 3.04. The lowest BCUT2D eigenvalue weighted by atomic mass is 10.1. The number of nitrogens with zero attached hydrogens (tertiary/aromatic N) is 1. The monoisotopic (exact) mass is 353 g/mol. The van der Waals surface area contributed by atoms with Crippen LogP contribution in [-0.4, -0.2) is 22.8 Å². The van der Waals surface area contributed by atoms with E-state index in [-0.39, 0.29) is 11.8 Å². The molecule has 0 saturated carbocycles. The molecule has 0 saturated heterocycles. The summed E-state index contributed by atoms with van der Waals surface area (Å²) in [5, 5.41) is 6.38. The van der Waals surface area contributed by atoms with Gasteiger partial charge in [0.15, 0.2) is 0 Å². The number of hydrogen-bond donors (Lipinski definition) is 2. The lowest BCUT2D eigenvalue weighted by Gasteiger charge is -2.13. The zero-order valence-electron chi connectivity index (χ0n) is 14.1. The van der Waals surface area contributed by atoms with Gasteiger partial charge in [-0.3, -0.25) is 9.59 Å². The molecule has 2 amide bonds. The van der Waals surface area contributed by atoms with E-state index < -0.39 is 6.04 Å². The van der Waals surface area contributed by atoms with Crippen molar-refractivity contribution in [3.8, 4) is 0 Å². The number of rotatable bonds is 5. The first-order chi connectivity index (χ1) is 12.0. The molecule has 0 unspecified atom stereocenters. The van der Waals surface area contributed by atoms with Crippen LogP contribution in [0.25, 0.3) is 10.2 Å². The van der Waals surface area contributed by atoms with E-state index in [0.717, 1.165) is 20.8 Å². The van der Waals surface area contributed by atoms with Gasteiger partial charge < -0.3 is 10.6 Å². The van der Waals surface area contributed by atoms with Crippen LogP contribution in [0.1, 0.15) is 27.9 Å². The van der Waals surface area contributed by atoms with Crippen LogP contribution >= 0.6 is 11.3 Å². The smallest absolute Gasteiger partial charge is 0.251 e. The van der Waals surface area contributed by atoms with E-state index >= 15 is 0 Å². The zero-order chi connectivity index (χ0) is 17.8. The first-order valence-corrected chi connectivity index (χ1v) is 8.84. The molecule has 0 radical (unpaired) electrons. The van der Waals surface area contributed by atoms with E-state index in [1.807, 2.05) is 43.3 Å². The van der Waals surface area contributed by atoms with Gasteiger partial charge in [0.05, 0.1) is 16.8 Å². The quantitative estimate of drug-likeness (QED) is 0.741. The maximum atomic E-state index is 12.2. The average Bonchev–Trinajstić information content (AvgIpc) is 3.02. The summed E-state index contributed by atoms with van der Waals surface area (Å²) >= 11 is 1.55. The molecular weight excluding hydrogens is 334 g/mol. The van der Waals surface area contributed by atoms with E-state index in [2.05, 4.69) is 15.6 Å². The Bertz CT molecular complexity index is 887. The Morgan fingerprint density at radius 2 is 1.96 bits per heavy atom. The van der Waals surface area contributed by atoms with Gasteiger partial charge in [-0.05, 0) is 38.1 Å². The molecule has 2 aromatic carbocycles. The van der Waals surface area contributed by atoms with Gasteiger partial charge in [-0.2, -0.15) is 0 Å². The number of fused-ring (bicyclic) bond motifs is 1. The van der Waals surface area contributed by atoms with Crippen molar-refractivity contribution >= 4 is 33.4 Å². The van der Waals surface area contributed by atoms with Crippen molar-refractivity contribution in [3.05, 3.63) is 64.7 Å². The molecule has 3 rings (SSSR count). The Morgan fingerprint density at radius 1 is 1.16 bits per heavy atom. The Hall–Kier alpha value is -2.73. The Balaban J connectivity index is 1.56. The Labute approximate surface area is 150 Å². The van der Waals surface area contributed by atoms with E-state index in [1.165, 1.54) is 0 Å². The van der Waals surface area contributed by atoms with Crippen LogP contribution in [-0.2, 0) is 11.3 Å². The van der Waals surface area contributed by atoms with Crippen LogP contribution in [0, 0.1) is 6.92 Å². The van der Waals surface area contributed by atoms with E-state index in [4.69, 9.17) is 0 Å². The molecule has 0 spiro atoms. The van der Waals surface area contributed by atoms with Gasteiger partial charge >= 0.3 is 0 Å². The van der Waals surface area contributed by atoms with Gasteiger partial charge in [0.2, 0.25) is 5.91 Å². The summed E-state index contributed by atoms with van der Waals surface area (Å²) in [5.41, 5.74) is 2.48. The number of carbonyl (C=O) groups excluding carboxylic acids is 2. The number of aromatic nitrogens is 1. The van der Waals surface area contributed by atoms with Crippen LogP contribution in [0.15, 0.2) is 48.5 Å². The topological polar surface area (TPSA) is 71.1 Å². The summed E-state index contributed by atoms with van der Waals surface area (Å²) in [6.45, 7) is 3.94. The summed E-state index contributed by atoms with van der Waals surface area (Å²) in [6, 6.07) is 14.5. The highest BCUT2D eigenvalue weighted by Crippen LogP contribution is 2.21. The average molecular weight is 353 g/mol. The number of nitrogens with one attached hydrogen (secondary N) is 2. The summed E-state index contributed by atoms with van der Waals surface area (Å²) in [4.78, 5) is 28.9. The number of para-hydroxylation sites is 1. The van der Waals surface area contributed by atoms with Crippen molar-refractivity contribution in [1.82, 2.24) is 15.6 Å². The fourth-order valence-electron chi connectivity index (χ4n) is 2.44. The molecule has 1 atom stereocenters. The van der Waals surface area contributed by atoms with E-state index in [9.17, 15) is 9.59 Å². The Morgan fingerprint density at radius 3 is 2.72 bits per heavy atom. The van der Waals surface area contributed by atoms with Crippen LogP contribution < -0.4 is 10.6 Å². The number of amides is 2. The number of thiazole rings is 1. The second-order valence-corrected chi connectivity index (χ2v) is 6.97. The normalized spacial score (nSPS) is 11.9. The first-order valence-electron chi connectivity index (χ1n) is 8.02. The number of benzene rings is 2. The highest BCUT2D eigenvalue weighted by atomic mass is 32.1. The number of aryl methyl sites for hydroxylation is 1. The minimum atomic E-state index is -0.623. The lowest BCUT2D eigenvalue weighted by Crippen LogP contribution is -2.44. The van der Waals surface area contributed by atoms with Crippen molar-refractivity contribution in [2.45, 2.75) is 26.4 Å². The maximum absolute atomic E-state index is 12.2. The maximum Gasteiger partial charge on any atom is 0.251 e. The van der Waals surface area contributed by atoms with Gasteiger partial charge in [0.25, 0.3) is 5.91 Å². The third kappa shape index (κ3) is 4.22. The summed E-state index contributed by atoms with van der Waals surface area (Å²) in [5.74, 6) is -0.494. The van der Waals surface area contributed by atoms with Crippen molar-refractivity contribution < 1.29 is 9.59 Å². The summed E-state index contributed by atoms with van der Waals surface area (Å²) < 4.78 is 1.09. The van der Waals surface area contributed by atoms with E-state index in [0.29, 0.717) is 12.1 Å². The molecule has 2 N–H and O–H groups in total. The number of carbonyl (C=O) groups is 2. The molecule has 0 fully saturated rings. The second-order valence-electron chi connectivity index (χ2n) is 5.86. The molecule has 1 aromatic heterocycles. The minimum Gasteiger partial charge on any atom is -0.348 e. The number of hydrogen-bond acceptors (Lipinski definition) is 4. The largest absolute Gasteiger partial charge is 0.348 e. The van der Waals surface area contributed by atoms with Crippen LogP contribution in [0.2, 0.25) is 0 Å². The first kappa shape index (κ1) is 17.1. The SMILES string of the molecule is Cc1cccc(C(=O)N[C@@H](C)C(=O)NCc2nc3ccccc3s2)c1. The van der Waals surface area contributed by atoms with Crippen molar-refractivity contribution in [2.75, 3.05) is 0 Å². The minimum absolute atomic E-state index is 0.236. The lowest BCUT2D eigenvalue weighted by molar-refractivity contribution is -0.122. The fourth-order valence-corrected chi connectivity index (χ4v) is 3.35. The highest BCUT2D eigenvalue weighted by molar-refractivity contribution is 7.18. The highest BCUT2D eigenvalue weighted by Gasteiger charge is 2.17. The molecule has 1 heterocycles. The zero-order valence-corrected chi connectivity index (χ0v) is 14.9. The second kappa shape index (κ2) is 7.44.